The van der Waals surface area contributed by atoms with Gasteiger partial charge in [-0.2, -0.15) is 0 Å². The molecule has 3 unspecified atom stereocenters. The zero-order chi connectivity index (χ0) is 16.8. The van der Waals surface area contributed by atoms with Crippen molar-refractivity contribution >= 4 is 17.6 Å². The molecule has 6 heteroatoms. The SMILES string of the molecule is CC(CC(O)c1ccco1)NC(=O)NC(C)c1cccc(Cl)c1. The van der Waals surface area contributed by atoms with Crippen molar-refractivity contribution in [2.45, 2.75) is 38.5 Å². The average Bonchev–Trinajstić information content (AvgIpc) is 3.01. The van der Waals surface area contributed by atoms with Gasteiger partial charge in [-0.25, -0.2) is 4.79 Å². The van der Waals surface area contributed by atoms with Gasteiger partial charge >= 0.3 is 6.03 Å². The lowest BCUT2D eigenvalue weighted by atomic mass is 10.1. The van der Waals surface area contributed by atoms with Gasteiger partial charge in [0.15, 0.2) is 0 Å². The first-order chi connectivity index (χ1) is 11.0. The minimum absolute atomic E-state index is 0.170. The Hall–Kier alpha value is -1.98. The number of rotatable bonds is 6. The van der Waals surface area contributed by atoms with Crippen LogP contribution in [0.15, 0.2) is 47.1 Å². The fourth-order valence-corrected chi connectivity index (χ4v) is 2.51. The molecule has 0 aliphatic carbocycles. The van der Waals surface area contributed by atoms with E-state index in [0.717, 1.165) is 5.56 Å². The van der Waals surface area contributed by atoms with Crippen molar-refractivity contribution in [2.75, 3.05) is 0 Å². The van der Waals surface area contributed by atoms with Crippen molar-refractivity contribution in [1.29, 1.82) is 0 Å². The van der Waals surface area contributed by atoms with E-state index in [0.29, 0.717) is 17.2 Å². The number of hydrogen-bond donors (Lipinski definition) is 3. The Kier molecular flexibility index (Phi) is 6.07. The highest BCUT2D eigenvalue weighted by Gasteiger charge is 2.17. The van der Waals surface area contributed by atoms with Crippen LogP contribution in [0.25, 0.3) is 0 Å². The van der Waals surface area contributed by atoms with Gasteiger partial charge in [-0.1, -0.05) is 23.7 Å². The van der Waals surface area contributed by atoms with Crippen LogP contribution < -0.4 is 10.6 Å². The number of urea groups is 1. The highest BCUT2D eigenvalue weighted by Crippen LogP contribution is 2.19. The molecule has 124 valence electrons. The van der Waals surface area contributed by atoms with Crippen LogP contribution in [0.1, 0.15) is 43.7 Å². The fourth-order valence-electron chi connectivity index (χ4n) is 2.31. The van der Waals surface area contributed by atoms with E-state index < -0.39 is 6.10 Å². The normalized spacial score (nSPS) is 14.8. The second-order valence-electron chi connectivity index (χ2n) is 5.56. The van der Waals surface area contributed by atoms with E-state index in [1.54, 1.807) is 18.2 Å². The third-order valence-electron chi connectivity index (χ3n) is 3.52. The van der Waals surface area contributed by atoms with Gasteiger partial charge in [0.25, 0.3) is 0 Å². The van der Waals surface area contributed by atoms with Crippen molar-refractivity contribution in [2.24, 2.45) is 0 Å². The third-order valence-corrected chi connectivity index (χ3v) is 3.76. The lowest BCUT2D eigenvalue weighted by Crippen LogP contribution is -2.42. The number of halogens is 1. The topological polar surface area (TPSA) is 74.5 Å². The molecule has 0 radical (unpaired) electrons. The Bertz CT molecular complexity index is 631. The minimum atomic E-state index is -0.745. The zero-order valence-corrected chi connectivity index (χ0v) is 13.9. The Balaban J connectivity index is 1.81. The van der Waals surface area contributed by atoms with Gasteiger partial charge in [0.2, 0.25) is 0 Å². The third kappa shape index (κ3) is 5.30. The van der Waals surface area contributed by atoms with Gasteiger partial charge in [-0.15, -0.1) is 0 Å². The van der Waals surface area contributed by atoms with Crippen LogP contribution in [0.4, 0.5) is 4.79 Å². The molecule has 5 nitrogen and oxygen atoms in total. The molecule has 2 aromatic rings. The first kappa shape index (κ1) is 17.4. The summed E-state index contributed by atoms with van der Waals surface area (Å²) in [4.78, 5) is 12.0. The van der Waals surface area contributed by atoms with E-state index in [-0.39, 0.29) is 18.1 Å². The van der Waals surface area contributed by atoms with E-state index in [2.05, 4.69) is 10.6 Å². The first-order valence-corrected chi connectivity index (χ1v) is 7.87. The molecule has 0 saturated carbocycles. The van der Waals surface area contributed by atoms with Gasteiger partial charge in [0.1, 0.15) is 11.9 Å². The fraction of sp³-hybridized carbons (Fsp3) is 0.353. The van der Waals surface area contributed by atoms with Crippen LogP contribution in [0.5, 0.6) is 0 Å². The molecule has 0 fully saturated rings. The maximum absolute atomic E-state index is 12.0. The Morgan fingerprint density at radius 1 is 1.26 bits per heavy atom. The lowest BCUT2D eigenvalue weighted by Gasteiger charge is -2.20. The van der Waals surface area contributed by atoms with Crippen molar-refractivity contribution < 1.29 is 14.3 Å². The predicted octanol–water partition coefficient (Wildman–Crippen LogP) is 3.81. The summed E-state index contributed by atoms with van der Waals surface area (Å²) < 4.78 is 5.14. The van der Waals surface area contributed by atoms with E-state index in [1.165, 1.54) is 6.26 Å². The maximum atomic E-state index is 12.0. The molecule has 0 bridgehead atoms. The Morgan fingerprint density at radius 2 is 2.04 bits per heavy atom. The van der Waals surface area contributed by atoms with Crippen LogP contribution in [0.2, 0.25) is 5.02 Å². The number of amides is 2. The van der Waals surface area contributed by atoms with Crippen LogP contribution >= 0.6 is 11.6 Å². The number of furan rings is 1. The quantitative estimate of drug-likeness (QED) is 0.751. The van der Waals surface area contributed by atoms with E-state index in [4.69, 9.17) is 16.0 Å². The molecule has 2 amide bonds. The van der Waals surface area contributed by atoms with Gasteiger partial charge in [-0.3, -0.25) is 0 Å². The van der Waals surface area contributed by atoms with Gasteiger partial charge in [0.05, 0.1) is 12.3 Å². The van der Waals surface area contributed by atoms with Gasteiger partial charge in [0, 0.05) is 17.5 Å². The molecule has 23 heavy (non-hydrogen) atoms. The molecule has 0 spiro atoms. The van der Waals surface area contributed by atoms with Crippen molar-refractivity contribution in [1.82, 2.24) is 10.6 Å². The molecule has 3 N–H and O–H groups in total. The molecule has 1 aromatic carbocycles. The Morgan fingerprint density at radius 3 is 2.70 bits per heavy atom. The zero-order valence-electron chi connectivity index (χ0n) is 13.1. The number of carbonyl (C=O) groups is 1. The maximum Gasteiger partial charge on any atom is 0.315 e. The number of nitrogens with one attached hydrogen (secondary N) is 2. The van der Waals surface area contributed by atoms with E-state index in [1.807, 2.05) is 32.0 Å². The monoisotopic (exact) mass is 336 g/mol. The highest BCUT2D eigenvalue weighted by molar-refractivity contribution is 6.30. The van der Waals surface area contributed by atoms with Gasteiger partial charge in [-0.05, 0) is 43.7 Å². The molecular weight excluding hydrogens is 316 g/mol. The first-order valence-electron chi connectivity index (χ1n) is 7.49. The summed E-state index contributed by atoms with van der Waals surface area (Å²) in [6.45, 7) is 3.71. The van der Waals surface area contributed by atoms with Crippen LogP contribution in [0, 0.1) is 0 Å². The number of aliphatic hydroxyl groups excluding tert-OH is 1. The van der Waals surface area contributed by atoms with Crippen molar-refractivity contribution in [3.63, 3.8) is 0 Å². The molecule has 3 atom stereocenters. The summed E-state index contributed by atoms with van der Waals surface area (Å²) in [6, 6.07) is 10.1. The molecular formula is C17H21ClN2O3. The van der Waals surface area contributed by atoms with Crippen molar-refractivity contribution in [3.05, 3.63) is 59.0 Å². The van der Waals surface area contributed by atoms with E-state index >= 15 is 0 Å². The van der Waals surface area contributed by atoms with Crippen LogP contribution in [-0.2, 0) is 0 Å². The molecule has 0 saturated heterocycles. The number of hydrogen-bond acceptors (Lipinski definition) is 3. The highest BCUT2D eigenvalue weighted by atomic mass is 35.5. The molecule has 2 rings (SSSR count). The minimum Gasteiger partial charge on any atom is -0.467 e. The largest absolute Gasteiger partial charge is 0.467 e. The smallest absolute Gasteiger partial charge is 0.315 e. The second kappa shape index (κ2) is 8.04. The molecule has 0 aliphatic rings. The van der Waals surface area contributed by atoms with Crippen molar-refractivity contribution in [3.8, 4) is 0 Å². The summed E-state index contributed by atoms with van der Waals surface area (Å²) in [7, 11) is 0. The molecule has 0 aliphatic heterocycles. The second-order valence-corrected chi connectivity index (χ2v) is 6.00. The van der Waals surface area contributed by atoms with E-state index in [9.17, 15) is 9.90 Å². The number of carbonyl (C=O) groups excluding carboxylic acids is 1. The van der Waals surface area contributed by atoms with Gasteiger partial charge < -0.3 is 20.2 Å². The summed E-state index contributed by atoms with van der Waals surface area (Å²) in [5.74, 6) is 0.492. The number of aliphatic hydroxyl groups is 1. The summed E-state index contributed by atoms with van der Waals surface area (Å²) in [5.41, 5.74) is 0.927. The summed E-state index contributed by atoms with van der Waals surface area (Å²) in [5, 5.41) is 16.3. The summed E-state index contributed by atoms with van der Waals surface area (Å²) in [6.07, 6.45) is 1.13. The van der Waals surface area contributed by atoms with Crippen LogP contribution in [-0.4, -0.2) is 17.2 Å². The summed E-state index contributed by atoms with van der Waals surface area (Å²) >= 11 is 5.95. The number of benzene rings is 1. The predicted molar refractivity (Wildman–Crippen MR) is 89.3 cm³/mol. The molecule has 1 heterocycles. The van der Waals surface area contributed by atoms with Crippen LogP contribution in [0.3, 0.4) is 0 Å². The molecule has 1 aromatic heterocycles. The Labute approximate surface area is 140 Å². The lowest BCUT2D eigenvalue weighted by molar-refractivity contribution is 0.129. The standard InChI is InChI=1S/C17H21ClN2O3/c1-11(9-15(21)16-7-4-8-23-16)19-17(22)20-12(2)13-5-3-6-14(18)10-13/h3-8,10-12,15,21H,9H2,1-2H3,(H2,19,20,22). The average molecular weight is 337 g/mol.